The number of ether oxygens (including phenoxy) is 1. The van der Waals surface area contributed by atoms with Crippen LogP contribution in [-0.4, -0.2) is 85.1 Å². The lowest BCUT2D eigenvalue weighted by atomic mass is 9.82. The number of halogens is 1. The SMILES string of the molecule is C[C@@H]1[C@@H]([Si](C)(C)F)[C@H](CC(=O)N2Cc3ccccc3C[C@H]2CO)O[C@@]12C(=O)N(Cc1ccc(N3CN(c4ccccc4)C4(CCNCC4)C3=O)cc1)c1ccc([N+](=O)[O-])cc12. The number of nitro groups is 1. The Morgan fingerprint density at radius 1 is 0.951 bits per heavy atom. The molecule has 3 amide bonds. The van der Waals surface area contributed by atoms with Gasteiger partial charge in [0.25, 0.3) is 17.5 Å². The number of nitrogens with zero attached hydrogens (tertiary/aromatic N) is 5. The molecule has 0 radical (unpaired) electrons. The first-order valence-electron chi connectivity index (χ1n) is 21.2. The van der Waals surface area contributed by atoms with Gasteiger partial charge in [-0.3, -0.25) is 29.4 Å². The minimum Gasteiger partial charge on any atom is -0.394 e. The molecular formula is C46H51FN6O7Si. The molecule has 5 heterocycles. The van der Waals surface area contributed by atoms with Gasteiger partial charge in [0.1, 0.15) is 5.54 Å². The molecule has 5 aliphatic rings. The number of hydrogen-bond donors (Lipinski definition) is 2. The molecule has 0 saturated carbocycles. The molecular weight excluding hydrogens is 796 g/mol. The maximum Gasteiger partial charge on any atom is 0.269 e. The van der Waals surface area contributed by atoms with Crippen molar-refractivity contribution in [2.24, 2.45) is 5.92 Å². The molecule has 0 bridgehead atoms. The number of non-ortho nitro benzene ring substituents is 1. The molecule has 9 rings (SSSR count). The van der Waals surface area contributed by atoms with Crippen LogP contribution in [0.4, 0.5) is 26.9 Å². The lowest BCUT2D eigenvalue weighted by molar-refractivity contribution is -0.385. The van der Waals surface area contributed by atoms with Crippen LogP contribution in [0.5, 0.6) is 0 Å². The van der Waals surface area contributed by atoms with E-state index in [1.807, 2.05) is 83.8 Å². The summed E-state index contributed by atoms with van der Waals surface area (Å²) < 4.78 is 23.5. The van der Waals surface area contributed by atoms with E-state index in [-0.39, 0.29) is 49.2 Å². The van der Waals surface area contributed by atoms with E-state index in [0.717, 1.165) is 41.2 Å². The van der Waals surface area contributed by atoms with Crippen molar-refractivity contribution in [2.45, 2.75) is 87.6 Å². The Labute approximate surface area is 355 Å². The Kier molecular flexibility index (Phi) is 10.4. The number of fused-ring (bicyclic) bond motifs is 3. The number of nitro benzene ring substituents is 1. The fraction of sp³-hybridized carbons (Fsp3) is 0.413. The van der Waals surface area contributed by atoms with Gasteiger partial charge >= 0.3 is 0 Å². The Morgan fingerprint density at radius 2 is 1.64 bits per heavy atom. The first-order chi connectivity index (χ1) is 29.3. The smallest absolute Gasteiger partial charge is 0.269 e. The summed E-state index contributed by atoms with van der Waals surface area (Å²) in [6.45, 7) is 6.84. The molecule has 15 heteroatoms. The van der Waals surface area contributed by atoms with Crippen molar-refractivity contribution in [3.8, 4) is 0 Å². The zero-order chi connectivity index (χ0) is 42.8. The fourth-order valence-electron chi connectivity index (χ4n) is 11.0. The molecule has 0 aromatic heterocycles. The van der Waals surface area contributed by atoms with Crippen molar-refractivity contribution < 1.29 is 33.3 Å². The van der Waals surface area contributed by atoms with Gasteiger partial charge in [0.15, 0.2) is 5.60 Å². The second-order valence-corrected chi connectivity index (χ2v) is 21.5. The summed E-state index contributed by atoms with van der Waals surface area (Å²) in [6.07, 6.45) is 0.614. The van der Waals surface area contributed by atoms with Crippen molar-refractivity contribution >= 4 is 48.9 Å². The molecule has 2 spiro atoms. The summed E-state index contributed by atoms with van der Waals surface area (Å²) in [5.74, 6) is -1.52. The Morgan fingerprint density at radius 3 is 2.31 bits per heavy atom. The van der Waals surface area contributed by atoms with Crippen LogP contribution >= 0.6 is 0 Å². The van der Waals surface area contributed by atoms with Crippen LogP contribution in [0.1, 0.15) is 48.4 Å². The largest absolute Gasteiger partial charge is 0.394 e. The normalized spacial score (nSPS) is 25.7. The van der Waals surface area contributed by atoms with Crippen LogP contribution in [0.3, 0.4) is 0 Å². The van der Waals surface area contributed by atoms with E-state index in [2.05, 4.69) is 10.2 Å². The van der Waals surface area contributed by atoms with E-state index in [9.17, 15) is 24.8 Å². The van der Waals surface area contributed by atoms with Gasteiger partial charge in [-0.25, -0.2) is 0 Å². The lowest BCUT2D eigenvalue weighted by Crippen LogP contribution is -2.55. The van der Waals surface area contributed by atoms with Crippen molar-refractivity contribution in [1.82, 2.24) is 10.2 Å². The van der Waals surface area contributed by atoms with Gasteiger partial charge in [0.2, 0.25) is 14.3 Å². The molecule has 5 aliphatic heterocycles. The lowest BCUT2D eigenvalue weighted by Gasteiger charge is -2.39. The average Bonchev–Trinajstić information content (AvgIpc) is 3.80. The molecule has 318 valence electrons. The molecule has 4 aromatic carbocycles. The third kappa shape index (κ3) is 6.73. The van der Waals surface area contributed by atoms with Gasteiger partial charge in [0, 0.05) is 47.1 Å². The van der Waals surface area contributed by atoms with Crippen molar-refractivity contribution in [1.29, 1.82) is 0 Å². The highest BCUT2D eigenvalue weighted by molar-refractivity contribution is 6.72. The highest BCUT2D eigenvalue weighted by atomic mass is 28.4. The topological polar surface area (TPSA) is 149 Å². The minimum absolute atomic E-state index is 0.0454. The summed E-state index contributed by atoms with van der Waals surface area (Å²) in [6, 6.07) is 29.0. The van der Waals surface area contributed by atoms with Gasteiger partial charge in [-0.1, -0.05) is 61.5 Å². The summed E-state index contributed by atoms with van der Waals surface area (Å²) in [7, 11) is -3.68. The van der Waals surface area contributed by atoms with Crippen molar-refractivity contribution in [3.63, 3.8) is 0 Å². The molecule has 61 heavy (non-hydrogen) atoms. The van der Waals surface area contributed by atoms with Crippen LogP contribution in [0.25, 0.3) is 0 Å². The summed E-state index contributed by atoms with van der Waals surface area (Å²) in [5, 5.41) is 25.9. The van der Waals surface area contributed by atoms with E-state index in [4.69, 9.17) is 4.74 Å². The highest BCUT2D eigenvalue weighted by Crippen LogP contribution is 2.61. The summed E-state index contributed by atoms with van der Waals surface area (Å²) >= 11 is 0. The number of nitrogens with one attached hydrogen (secondary N) is 1. The van der Waals surface area contributed by atoms with Crippen LogP contribution in [-0.2, 0) is 44.2 Å². The van der Waals surface area contributed by atoms with Crippen LogP contribution in [0, 0.1) is 16.0 Å². The fourth-order valence-corrected chi connectivity index (χ4v) is 13.5. The number of benzene rings is 4. The second-order valence-electron chi connectivity index (χ2n) is 17.7. The molecule has 0 unspecified atom stereocenters. The predicted octanol–water partition coefficient (Wildman–Crippen LogP) is 6.19. The molecule has 2 N–H and O–H groups in total. The van der Waals surface area contributed by atoms with E-state index in [1.165, 1.54) is 12.1 Å². The number of piperidine rings is 1. The quantitative estimate of drug-likeness (QED) is 0.0872. The third-order valence-electron chi connectivity index (χ3n) is 13.9. The summed E-state index contributed by atoms with van der Waals surface area (Å²) in [5.41, 5.74) is 1.69. The monoisotopic (exact) mass is 846 g/mol. The minimum atomic E-state index is -3.68. The van der Waals surface area contributed by atoms with Crippen molar-refractivity contribution in [2.75, 3.05) is 41.1 Å². The van der Waals surface area contributed by atoms with E-state index in [0.29, 0.717) is 31.6 Å². The molecule has 5 atom stereocenters. The number of rotatable bonds is 9. The number of hydrogen-bond acceptors (Lipinski definition) is 9. The standard InChI is InChI=1S/C46H51FN6O7Si/c1-30-42(61(2,3)47)40(25-41(55)49-27-33-10-8-7-9-32(33)23-37(49)28-54)60-46(30)38-24-36(53(58)59)17-18-39(38)50(44(46)57)26-31-13-15-34(16-14-31)51-29-52(35-11-5-4-6-12-35)45(43(51)56)19-21-48-22-20-45/h4-18,24,30,37,40,42,48,54H,19-23,25-29H2,1-3H3/t30-,37+,40+,42-,46+/m1/s1. The number of para-hydroxylation sites is 1. The number of carbonyl (C=O) groups excluding carboxylic acids is 3. The maximum absolute atomic E-state index is 16.7. The molecule has 13 nitrogen and oxygen atoms in total. The number of carbonyl (C=O) groups is 3. The Bertz CT molecular complexity index is 2370. The Hall–Kier alpha value is -5.48. The van der Waals surface area contributed by atoms with Gasteiger partial charge < -0.3 is 34.0 Å². The maximum atomic E-state index is 16.7. The molecule has 3 fully saturated rings. The van der Waals surface area contributed by atoms with Gasteiger partial charge in [0.05, 0.1) is 49.0 Å². The summed E-state index contributed by atoms with van der Waals surface area (Å²) in [4.78, 5) is 62.5. The van der Waals surface area contributed by atoms with Crippen LogP contribution in [0.2, 0.25) is 18.6 Å². The molecule has 0 aliphatic carbocycles. The predicted molar refractivity (Wildman–Crippen MR) is 231 cm³/mol. The zero-order valence-electron chi connectivity index (χ0n) is 34.6. The van der Waals surface area contributed by atoms with E-state index >= 15 is 8.90 Å². The van der Waals surface area contributed by atoms with Crippen LogP contribution in [0.15, 0.2) is 97.1 Å². The Balaban J connectivity index is 1.01. The first kappa shape index (κ1) is 40.9. The third-order valence-corrected chi connectivity index (χ3v) is 16.4. The van der Waals surface area contributed by atoms with Gasteiger partial charge in [-0.2, -0.15) is 0 Å². The number of anilines is 3. The number of aliphatic hydroxyl groups is 1. The van der Waals surface area contributed by atoms with Gasteiger partial charge in [-0.05, 0) is 92.5 Å². The highest BCUT2D eigenvalue weighted by Gasteiger charge is 2.67. The number of aliphatic hydroxyl groups excluding tert-OH is 1. The number of amides is 3. The molecule has 3 saturated heterocycles. The van der Waals surface area contributed by atoms with Gasteiger partial charge in [-0.15, -0.1) is 0 Å². The van der Waals surface area contributed by atoms with E-state index in [1.54, 1.807) is 35.9 Å². The average molecular weight is 847 g/mol. The van der Waals surface area contributed by atoms with E-state index < -0.39 is 54.0 Å². The molecule has 4 aromatic rings. The second kappa shape index (κ2) is 15.5. The van der Waals surface area contributed by atoms with Crippen LogP contribution < -0.4 is 20.0 Å². The zero-order valence-corrected chi connectivity index (χ0v) is 35.6. The van der Waals surface area contributed by atoms with Crippen molar-refractivity contribution in [3.05, 3.63) is 129 Å². The first-order valence-corrected chi connectivity index (χ1v) is 24.1.